The molecule has 2 aliphatic rings. The average Bonchev–Trinajstić information content (AvgIpc) is 3.20. The summed E-state index contributed by atoms with van der Waals surface area (Å²) in [5.74, 6) is 0.306. The minimum Gasteiger partial charge on any atom is -0.460 e. The second-order valence-corrected chi connectivity index (χ2v) is 8.86. The van der Waals surface area contributed by atoms with Gasteiger partial charge in [-0.3, -0.25) is 4.99 Å². The fourth-order valence-electron chi connectivity index (χ4n) is 3.39. The molecule has 0 amide bonds. The van der Waals surface area contributed by atoms with Gasteiger partial charge in [-0.2, -0.15) is 4.31 Å². The molecule has 158 valence electrons. The van der Waals surface area contributed by atoms with Crippen molar-refractivity contribution in [3.63, 3.8) is 0 Å². The highest BCUT2D eigenvalue weighted by atomic mass is 32.2. The SMILES string of the molecule is O=C(OCCNC1=NCc2ccccc21)c1ccc(S(=O)(=O)N2CCOCC2)cc1. The van der Waals surface area contributed by atoms with Crippen LogP contribution in [0.15, 0.2) is 58.4 Å². The zero-order chi connectivity index (χ0) is 21.0. The highest BCUT2D eigenvalue weighted by molar-refractivity contribution is 7.89. The van der Waals surface area contributed by atoms with E-state index in [1.165, 1.54) is 34.1 Å². The lowest BCUT2D eigenvalue weighted by atomic mass is 10.1. The normalized spacial score (nSPS) is 16.6. The molecule has 0 radical (unpaired) electrons. The molecular formula is C21H23N3O5S. The number of nitrogens with one attached hydrogen (secondary N) is 1. The maximum atomic E-state index is 12.6. The number of rotatable bonds is 6. The highest BCUT2D eigenvalue weighted by Crippen LogP contribution is 2.18. The molecule has 2 aliphatic heterocycles. The van der Waals surface area contributed by atoms with E-state index in [1.54, 1.807) is 0 Å². The lowest BCUT2D eigenvalue weighted by Gasteiger charge is -2.26. The third-order valence-electron chi connectivity index (χ3n) is 5.01. The number of carbonyl (C=O) groups excluding carboxylic acids is 1. The van der Waals surface area contributed by atoms with Crippen LogP contribution in [0.2, 0.25) is 0 Å². The van der Waals surface area contributed by atoms with Gasteiger partial charge in [-0.25, -0.2) is 13.2 Å². The topological polar surface area (TPSA) is 97.3 Å². The summed E-state index contributed by atoms with van der Waals surface area (Å²) in [7, 11) is -3.58. The molecule has 1 N–H and O–H groups in total. The predicted octanol–water partition coefficient (Wildman–Crippen LogP) is 1.41. The molecule has 1 saturated heterocycles. The summed E-state index contributed by atoms with van der Waals surface area (Å²) in [6.45, 7) is 2.68. The molecule has 1 fully saturated rings. The monoisotopic (exact) mass is 429 g/mol. The third kappa shape index (κ3) is 4.38. The number of amidine groups is 1. The molecule has 8 nitrogen and oxygen atoms in total. The van der Waals surface area contributed by atoms with E-state index in [9.17, 15) is 13.2 Å². The zero-order valence-corrected chi connectivity index (χ0v) is 17.2. The van der Waals surface area contributed by atoms with E-state index < -0.39 is 16.0 Å². The van der Waals surface area contributed by atoms with Crippen LogP contribution in [0.4, 0.5) is 0 Å². The molecule has 30 heavy (non-hydrogen) atoms. The molecule has 0 spiro atoms. The van der Waals surface area contributed by atoms with Crippen LogP contribution >= 0.6 is 0 Å². The summed E-state index contributed by atoms with van der Waals surface area (Å²) in [4.78, 5) is 16.8. The van der Waals surface area contributed by atoms with Crippen LogP contribution in [0, 0.1) is 0 Å². The Morgan fingerprint density at radius 1 is 1.10 bits per heavy atom. The van der Waals surface area contributed by atoms with Gasteiger partial charge in [0.15, 0.2) is 0 Å². The summed E-state index contributed by atoms with van der Waals surface area (Å²) >= 11 is 0. The maximum absolute atomic E-state index is 12.6. The fraction of sp³-hybridized carbons (Fsp3) is 0.333. The van der Waals surface area contributed by atoms with Crippen molar-refractivity contribution in [2.24, 2.45) is 4.99 Å². The number of morpholine rings is 1. The molecule has 0 bridgehead atoms. The number of carbonyl (C=O) groups is 1. The van der Waals surface area contributed by atoms with Gasteiger partial charge in [-0.05, 0) is 29.8 Å². The van der Waals surface area contributed by atoms with Crippen molar-refractivity contribution in [2.45, 2.75) is 11.4 Å². The molecule has 4 rings (SSSR count). The number of sulfonamides is 1. The van der Waals surface area contributed by atoms with Crippen LogP contribution in [0.25, 0.3) is 0 Å². The van der Waals surface area contributed by atoms with Gasteiger partial charge in [-0.15, -0.1) is 0 Å². The minimum atomic E-state index is -3.58. The summed E-state index contributed by atoms with van der Waals surface area (Å²) in [6.07, 6.45) is 0. The van der Waals surface area contributed by atoms with E-state index in [4.69, 9.17) is 9.47 Å². The Morgan fingerprint density at radius 2 is 1.83 bits per heavy atom. The second-order valence-electron chi connectivity index (χ2n) is 6.93. The Kier molecular flexibility index (Phi) is 6.12. The van der Waals surface area contributed by atoms with E-state index in [0.717, 1.165) is 11.4 Å². The fourth-order valence-corrected chi connectivity index (χ4v) is 4.79. The zero-order valence-electron chi connectivity index (χ0n) is 16.4. The van der Waals surface area contributed by atoms with Crippen LogP contribution < -0.4 is 5.32 Å². The van der Waals surface area contributed by atoms with E-state index in [-0.39, 0.29) is 11.5 Å². The van der Waals surface area contributed by atoms with Crippen molar-refractivity contribution < 1.29 is 22.7 Å². The summed E-state index contributed by atoms with van der Waals surface area (Å²) in [5, 5.41) is 3.19. The van der Waals surface area contributed by atoms with E-state index in [0.29, 0.717) is 45.0 Å². The number of esters is 1. The first-order chi connectivity index (χ1) is 14.6. The largest absolute Gasteiger partial charge is 0.460 e. The van der Waals surface area contributed by atoms with E-state index in [1.807, 2.05) is 24.3 Å². The quantitative estimate of drug-likeness (QED) is 0.551. The van der Waals surface area contributed by atoms with Gasteiger partial charge in [-0.1, -0.05) is 24.3 Å². The van der Waals surface area contributed by atoms with Crippen molar-refractivity contribution in [3.8, 4) is 0 Å². The number of hydrogen-bond acceptors (Lipinski definition) is 7. The number of nitrogens with zero attached hydrogens (tertiary/aromatic N) is 2. The number of fused-ring (bicyclic) bond motifs is 1. The van der Waals surface area contributed by atoms with Crippen molar-refractivity contribution in [3.05, 3.63) is 65.2 Å². The molecule has 0 saturated carbocycles. The Hall–Kier alpha value is -2.75. The number of hydrogen-bond donors (Lipinski definition) is 1. The number of benzene rings is 2. The Labute approximate surface area is 175 Å². The Balaban J connectivity index is 1.28. The maximum Gasteiger partial charge on any atom is 0.338 e. The van der Waals surface area contributed by atoms with Crippen molar-refractivity contribution >= 4 is 21.8 Å². The van der Waals surface area contributed by atoms with Crippen LogP contribution in [0.3, 0.4) is 0 Å². The van der Waals surface area contributed by atoms with Crippen LogP contribution in [-0.2, 0) is 26.0 Å². The number of ether oxygens (including phenoxy) is 2. The molecule has 2 aromatic rings. The van der Waals surface area contributed by atoms with Gasteiger partial charge in [0.25, 0.3) is 0 Å². The first kappa shape index (κ1) is 20.5. The molecule has 2 heterocycles. The summed E-state index contributed by atoms with van der Waals surface area (Å²) in [6, 6.07) is 13.8. The molecule has 0 aliphatic carbocycles. The van der Waals surface area contributed by atoms with E-state index in [2.05, 4.69) is 10.3 Å². The van der Waals surface area contributed by atoms with Crippen molar-refractivity contribution in [1.29, 1.82) is 0 Å². The lowest BCUT2D eigenvalue weighted by molar-refractivity contribution is 0.0512. The van der Waals surface area contributed by atoms with E-state index >= 15 is 0 Å². The second kappa shape index (κ2) is 8.95. The molecular weight excluding hydrogens is 406 g/mol. The molecule has 2 aromatic carbocycles. The van der Waals surface area contributed by atoms with Crippen LogP contribution in [0.5, 0.6) is 0 Å². The average molecular weight is 429 g/mol. The Bertz CT molecular complexity index is 1040. The molecule has 0 unspecified atom stereocenters. The van der Waals surface area contributed by atoms with Gasteiger partial charge in [0, 0.05) is 18.7 Å². The van der Waals surface area contributed by atoms with Crippen molar-refractivity contribution in [2.75, 3.05) is 39.5 Å². The van der Waals surface area contributed by atoms with Crippen LogP contribution in [-0.4, -0.2) is 64.0 Å². The van der Waals surface area contributed by atoms with Gasteiger partial charge >= 0.3 is 5.97 Å². The van der Waals surface area contributed by atoms with Crippen molar-refractivity contribution in [1.82, 2.24) is 9.62 Å². The Morgan fingerprint density at radius 3 is 2.60 bits per heavy atom. The first-order valence-corrected chi connectivity index (χ1v) is 11.2. The smallest absolute Gasteiger partial charge is 0.338 e. The first-order valence-electron chi connectivity index (χ1n) is 9.77. The van der Waals surface area contributed by atoms with Gasteiger partial charge < -0.3 is 14.8 Å². The van der Waals surface area contributed by atoms with Gasteiger partial charge in [0.05, 0.1) is 36.8 Å². The van der Waals surface area contributed by atoms with Crippen LogP contribution in [0.1, 0.15) is 21.5 Å². The van der Waals surface area contributed by atoms with Gasteiger partial charge in [0.1, 0.15) is 12.4 Å². The molecule has 9 heteroatoms. The lowest BCUT2D eigenvalue weighted by Crippen LogP contribution is -2.40. The molecule has 0 atom stereocenters. The molecule has 0 aromatic heterocycles. The third-order valence-corrected chi connectivity index (χ3v) is 6.92. The highest BCUT2D eigenvalue weighted by Gasteiger charge is 2.26. The summed E-state index contributed by atoms with van der Waals surface area (Å²) < 4.78 is 37.1. The van der Waals surface area contributed by atoms with Gasteiger partial charge in [0.2, 0.25) is 10.0 Å². The summed E-state index contributed by atoms with van der Waals surface area (Å²) in [5.41, 5.74) is 2.55. The number of aliphatic imine (C=N–C) groups is 1. The standard InChI is InChI=1S/C21H23N3O5S/c25-21(29-12-9-22-20-19-4-2-1-3-17(19)15-23-20)16-5-7-18(8-6-16)30(26,27)24-10-13-28-14-11-24/h1-8H,9-15H2,(H,22,23). The predicted molar refractivity (Wildman–Crippen MR) is 111 cm³/mol. The minimum absolute atomic E-state index is 0.153.